The van der Waals surface area contributed by atoms with E-state index in [-0.39, 0.29) is 42.5 Å². The van der Waals surface area contributed by atoms with E-state index in [1.54, 1.807) is 28.9 Å². The van der Waals surface area contributed by atoms with Crippen molar-refractivity contribution in [3.8, 4) is 5.75 Å². The van der Waals surface area contributed by atoms with Crippen molar-refractivity contribution in [3.63, 3.8) is 0 Å². The number of anilines is 1. The Balaban J connectivity index is 0.00000300. The number of carbonyl (C=O) groups excluding carboxylic acids is 1. The number of carbonyl (C=O) groups is 1. The normalized spacial score (nSPS) is 15.7. The predicted octanol–water partition coefficient (Wildman–Crippen LogP) is 2.38. The van der Waals surface area contributed by atoms with E-state index >= 15 is 0 Å². The number of nitrogens with zero attached hydrogens (tertiary/aromatic N) is 5. The molecule has 1 aromatic heterocycles. The molecular weight excluding hydrogens is 507 g/mol. The molecule has 3 rings (SSSR count). The molecule has 0 saturated carbocycles. The molecular formula is C19H26ClIN6O2. The first-order chi connectivity index (χ1) is 13.5. The Morgan fingerprint density at radius 3 is 2.76 bits per heavy atom. The summed E-state index contributed by atoms with van der Waals surface area (Å²) in [6, 6.07) is 7.38. The summed E-state index contributed by atoms with van der Waals surface area (Å²) in [6.07, 6.45) is 3.42. The van der Waals surface area contributed by atoms with Crippen molar-refractivity contribution < 1.29 is 9.53 Å². The van der Waals surface area contributed by atoms with Gasteiger partial charge in [0, 0.05) is 33.4 Å². The average Bonchev–Trinajstić information content (AvgIpc) is 3.10. The number of amides is 1. The van der Waals surface area contributed by atoms with Gasteiger partial charge in [-0.1, -0.05) is 23.7 Å². The molecule has 29 heavy (non-hydrogen) atoms. The fraction of sp³-hybridized carbons (Fsp3) is 0.421. The van der Waals surface area contributed by atoms with E-state index in [0.29, 0.717) is 36.4 Å². The fourth-order valence-electron chi connectivity index (χ4n) is 3.04. The molecule has 1 N–H and O–H groups in total. The van der Waals surface area contributed by atoms with Gasteiger partial charge >= 0.3 is 0 Å². The quantitative estimate of drug-likeness (QED) is 0.364. The topological polar surface area (TPSA) is 75.0 Å². The summed E-state index contributed by atoms with van der Waals surface area (Å²) in [5, 5.41) is 7.99. The summed E-state index contributed by atoms with van der Waals surface area (Å²) in [7, 11) is 3.54. The van der Waals surface area contributed by atoms with E-state index in [0.717, 1.165) is 5.69 Å². The van der Waals surface area contributed by atoms with Gasteiger partial charge in [0.05, 0.1) is 23.5 Å². The van der Waals surface area contributed by atoms with Crippen LogP contribution in [0.1, 0.15) is 6.92 Å². The van der Waals surface area contributed by atoms with Crippen LogP contribution >= 0.6 is 35.6 Å². The van der Waals surface area contributed by atoms with Crippen molar-refractivity contribution in [3.05, 3.63) is 41.7 Å². The minimum atomic E-state index is -0.121. The summed E-state index contributed by atoms with van der Waals surface area (Å²) in [6.45, 7) is 4.01. The van der Waals surface area contributed by atoms with Crippen molar-refractivity contribution in [1.82, 2.24) is 20.0 Å². The van der Waals surface area contributed by atoms with Gasteiger partial charge in [-0.3, -0.25) is 14.5 Å². The van der Waals surface area contributed by atoms with Crippen LogP contribution < -0.4 is 15.0 Å². The number of aryl methyl sites for hydroxylation is 1. The molecule has 1 aliphatic rings. The highest BCUT2D eigenvalue weighted by atomic mass is 127. The van der Waals surface area contributed by atoms with E-state index < -0.39 is 0 Å². The van der Waals surface area contributed by atoms with Crippen LogP contribution in [0.3, 0.4) is 0 Å². The summed E-state index contributed by atoms with van der Waals surface area (Å²) < 4.78 is 7.56. The molecule has 0 radical (unpaired) electrons. The number of guanidine groups is 1. The molecule has 0 aliphatic carbocycles. The first kappa shape index (κ1) is 23.3. The number of aromatic nitrogens is 2. The van der Waals surface area contributed by atoms with Crippen LogP contribution in [-0.4, -0.2) is 65.9 Å². The summed E-state index contributed by atoms with van der Waals surface area (Å²) in [4.78, 5) is 20.6. The smallest absolute Gasteiger partial charge is 0.246 e. The zero-order chi connectivity index (χ0) is 20.1. The number of benzene rings is 1. The fourth-order valence-corrected chi connectivity index (χ4v) is 3.22. The lowest BCUT2D eigenvalue weighted by molar-refractivity contribution is -0.120. The van der Waals surface area contributed by atoms with Gasteiger partial charge in [0.1, 0.15) is 18.4 Å². The van der Waals surface area contributed by atoms with Crippen molar-refractivity contribution in [2.45, 2.75) is 13.0 Å². The number of halogens is 2. The van der Waals surface area contributed by atoms with Gasteiger partial charge in [0.25, 0.3) is 0 Å². The van der Waals surface area contributed by atoms with Crippen molar-refractivity contribution in [2.24, 2.45) is 12.0 Å². The zero-order valence-electron chi connectivity index (χ0n) is 16.7. The summed E-state index contributed by atoms with van der Waals surface area (Å²) in [5.41, 5.74) is 0.817. The van der Waals surface area contributed by atoms with Crippen LogP contribution in [0, 0.1) is 0 Å². The molecule has 0 spiro atoms. The number of piperazine rings is 1. The monoisotopic (exact) mass is 532 g/mol. The largest absolute Gasteiger partial charge is 0.487 e. The molecule has 1 amide bonds. The van der Waals surface area contributed by atoms with Crippen molar-refractivity contribution in [1.29, 1.82) is 0 Å². The Morgan fingerprint density at radius 1 is 1.38 bits per heavy atom. The number of aliphatic imine (C=N–C) groups is 1. The molecule has 158 valence electrons. The highest BCUT2D eigenvalue weighted by molar-refractivity contribution is 14.0. The van der Waals surface area contributed by atoms with Gasteiger partial charge in [-0.05, 0) is 19.1 Å². The summed E-state index contributed by atoms with van der Waals surface area (Å²) >= 11 is 6.14. The van der Waals surface area contributed by atoms with Crippen LogP contribution in [0.15, 0.2) is 41.7 Å². The molecule has 8 nitrogen and oxygen atoms in total. The van der Waals surface area contributed by atoms with E-state index in [2.05, 4.69) is 15.4 Å². The maximum absolute atomic E-state index is 12.6. The van der Waals surface area contributed by atoms with Gasteiger partial charge in [-0.2, -0.15) is 5.10 Å². The molecule has 10 heteroatoms. The maximum Gasteiger partial charge on any atom is 0.246 e. The Bertz CT molecular complexity index is 859. The van der Waals surface area contributed by atoms with E-state index in [1.165, 1.54) is 0 Å². The van der Waals surface area contributed by atoms with Crippen LogP contribution in [0.2, 0.25) is 5.02 Å². The minimum Gasteiger partial charge on any atom is -0.487 e. The molecule has 1 aromatic carbocycles. The first-order valence-electron chi connectivity index (χ1n) is 9.13. The number of hydrogen-bond donors (Lipinski definition) is 1. The van der Waals surface area contributed by atoms with E-state index in [4.69, 9.17) is 16.3 Å². The number of hydrogen-bond acceptors (Lipinski definition) is 4. The van der Waals surface area contributed by atoms with Gasteiger partial charge in [-0.25, -0.2) is 0 Å². The Morgan fingerprint density at radius 2 is 2.14 bits per heavy atom. The van der Waals surface area contributed by atoms with Crippen LogP contribution in [-0.2, 0) is 11.8 Å². The van der Waals surface area contributed by atoms with Gasteiger partial charge in [0.2, 0.25) is 5.91 Å². The summed E-state index contributed by atoms with van der Waals surface area (Å²) in [5.74, 6) is 1.34. The molecule has 0 bridgehead atoms. The van der Waals surface area contributed by atoms with Crippen molar-refractivity contribution >= 4 is 53.1 Å². The SMILES string of the molecule is CN=C(NCC(C)Oc1ccccc1Cl)N1CCN(c2cnn(C)c2)C(=O)C1.I. The van der Waals surface area contributed by atoms with E-state index in [9.17, 15) is 4.79 Å². The minimum absolute atomic E-state index is 0. The standard InChI is InChI=1S/C19H25ClN6O2.HI/c1-14(28-17-7-5-4-6-16(17)20)10-22-19(21-2)25-8-9-26(18(27)13-25)15-11-23-24(3)12-15;/h4-7,11-12,14H,8-10,13H2,1-3H3,(H,21,22);1H. The van der Waals surface area contributed by atoms with Crippen molar-refractivity contribution in [2.75, 3.05) is 38.1 Å². The second-order valence-electron chi connectivity index (χ2n) is 6.63. The molecule has 1 aliphatic heterocycles. The molecule has 2 heterocycles. The molecule has 1 saturated heterocycles. The second kappa shape index (κ2) is 10.7. The van der Waals surface area contributed by atoms with Gasteiger partial charge in [0.15, 0.2) is 5.96 Å². The number of nitrogens with one attached hydrogen (secondary N) is 1. The third-order valence-corrected chi connectivity index (χ3v) is 4.76. The lowest BCUT2D eigenvalue weighted by Crippen LogP contribution is -2.56. The predicted molar refractivity (Wildman–Crippen MR) is 125 cm³/mol. The van der Waals surface area contributed by atoms with Gasteiger partial charge < -0.3 is 19.9 Å². The highest BCUT2D eigenvalue weighted by Gasteiger charge is 2.27. The van der Waals surface area contributed by atoms with E-state index in [1.807, 2.05) is 43.3 Å². The lowest BCUT2D eigenvalue weighted by Gasteiger charge is -2.35. The Hall–Kier alpha value is -2.01. The molecule has 1 atom stereocenters. The molecule has 2 aromatic rings. The average molecular weight is 533 g/mol. The number of para-hydroxylation sites is 1. The van der Waals surface area contributed by atoms with Crippen LogP contribution in [0.4, 0.5) is 5.69 Å². The Kier molecular flexibility index (Phi) is 8.57. The second-order valence-corrected chi connectivity index (χ2v) is 7.03. The number of rotatable bonds is 5. The van der Waals surface area contributed by atoms with Crippen LogP contribution in [0.25, 0.3) is 0 Å². The lowest BCUT2D eigenvalue weighted by atomic mass is 10.3. The maximum atomic E-state index is 12.6. The number of ether oxygens (including phenoxy) is 1. The van der Waals surface area contributed by atoms with Gasteiger partial charge in [-0.15, -0.1) is 24.0 Å². The third-order valence-electron chi connectivity index (χ3n) is 4.45. The molecule has 1 unspecified atom stereocenters. The Labute approximate surface area is 192 Å². The van der Waals surface area contributed by atoms with Crippen LogP contribution in [0.5, 0.6) is 5.75 Å². The zero-order valence-corrected chi connectivity index (χ0v) is 19.8. The third kappa shape index (κ3) is 5.99. The molecule has 1 fully saturated rings. The highest BCUT2D eigenvalue weighted by Crippen LogP contribution is 2.24. The first-order valence-corrected chi connectivity index (χ1v) is 9.51.